The average Bonchev–Trinajstić information content (AvgIpc) is 2.46. The van der Waals surface area contributed by atoms with Crippen molar-refractivity contribution in [2.24, 2.45) is 5.92 Å². The molecule has 3 unspecified atom stereocenters. The number of aryl methyl sites for hydroxylation is 1. The van der Waals surface area contributed by atoms with Gasteiger partial charge in [-0.3, -0.25) is 4.98 Å². The molecule has 2 fully saturated rings. The second-order valence-electron chi connectivity index (χ2n) is 5.92. The molecule has 5 heteroatoms. The van der Waals surface area contributed by atoms with Gasteiger partial charge in [0.1, 0.15) is 6.04 Å². The monoisotopic (exact) mass is 275 g/mol. The largest absolute Gasteiger partial charge is 0.480 e. The van der Waals surface area contributed by atoms with Gasteiger partial charge in [-0.05, 0) is 38.5 Å². The number of carboxylic acid groups (broad SMARTS) is 1. The summed E-state index contributed by atoms with van der Waals surface area (Å²) in [5, 5.41) is 9.56. The van der Waals surface area contributed by atoms with Crippen LogP contribution in [0.3, 0.4) is 0 Å². The quantitative estimate of drug-likeness (QED) is 0.897. The van der Waals surface area contributed by atoms with E-state index in [-0.39, 0.29) is 0 Å². The molecule has 1 aliphatic heterocycles. The van der Waals surface area contributed by atoms with Crippen molar-refractivity contribution >= 4 is 11.8 Å². The lowest BCUT2D eigenvalue weighted by Crippen LogP contribution is -2.56. The molecule has 3 rings (SSSR count). The van der Waals surface area contributed by atoms with Crippen molar-refractivity contribution in [3.63, 3.8) is 0 Å². The van der Waals surface area contributed by atoms with Gasteiger partial charge in [-0.15, -0.1) is 0 Å². The number of hydrogen-bond acceptors (Lipinski definition) is 4. The lowest BCUT2D eigenvalue weighted by Gasteiger charge is -2.48. The first-order valence-corrected chi connectivity index (χ1v) is 7.47. The summed E-state index contributed by atoms with van der Waals surface area (Å²) < 4.78 is 0. The minimum absolute atomic E-state index is 0.314. The Balaban J connectivity index is 2.00. The molecule has 1 aromatic rings. The Morgan fingerprint density at radius 2 is 1.95 bits per heavy atom. The number of aliphatic carboxylic acids is 1. The zero-order valence-electron chi connectivity index (χ0n) is 11.8. The standard InChI is InChI=1S/C15H21N3O2/c1-10-14(17-9-8-16-10)18-12-5-3-2-4-11(12)6-7-13(18)15(19)20/h8-9,11-13H,2-7H2,1H3,(H,19,20). The van der Waals surface area contributed by atoms with E-state index < -0.39 is 12.0 Å². The number of piperidine rings is 1. The van der Waals surface area contributed by atoms with Crippen LogP contribution in [0.1, 0.15) is 44.2 Å². The van der Waals surface area contributed by atoms with E-state index in [1.54, 1.807) is 12.4 Å². The summed E-state index contributed by atoms with van der Waals surface area (Å²) >= 11 is 0. The fourth-order valence-electron chi connectivity index (χ4n) is 3.83. The number of hydrogen-bond donors (Lipinski definition) is 1. The average molecular weight is 275 g/mol. The summed E-state index contributed by atoms with van der Waals surface area (Å²) in [6.45, 7) is 1.91. The molecule has 0 amide bonds. The first kappa shape index (κ1) is 13.3. The molecular weight excluding hydrogens is 254 g/mol. The van der Waals surface area contributed by atoms with Crippen LogP contribution in [-0.2, 0) is 4.79 Å². The van der Waals surface area contributed by atoms with Gasteiger partial charge in [0.25, 0.3) is 0 Å². The Kier molecular flexibility index (Phi) is 3.59. The molecule has 2 heterocycles. The number of carboxylic acids is 1. The first-order chi connectivity index (χ1) is 9.68. The summed E-state index contributed by atoms with van der Waals surface area (Å²) in [7, 11) is 0. The smallest absolute Gasteiger partial charge is 0.326 e. The molecule has 3 atom stereocenters. The normalized spacial score (nSPS) is 29.9. The van der Waals surface area contributed by atoms with Crippen LogP contribution in [-0.4, -0.2) is 33.1 Å². The van der Waals surface area contributed by atoms with Gasteiger partial charge < -0.3 is 10.0 Å². The van der Waals surface area contributed by atoms with Gasteiger partial charge in [-0.1, -0.05) is 12.8 Å². The highest BCUT2D eigenvalue weighted by atomic mass is 16.4. The summed E-state index contributed by atoms with van der Waals surface area (Å²) in [4.78, 5) is 22.4. The first-order valence-electron chi connectivity index (χ1n) is 7.47. The SMILES string of the molecule is Cc1nccnc1N1C(C(=O)O)CCC2CCCCC21. The highest BCUT2D eigenvalue weighted by Gasteiger charge is 2.42. The number of fused-ring (bicyclic) bond motifs is 1. The molecule has 108 valence electrons. The fourth-order valence-corrected chi connectivity index (χ4v) is 3.83. The second kappa shape index (κ2) is 5.38. The van der Waals surface area contributed by atoms with Crippen molar-refractivity contribution in [3.05, 3.63) is 18.1 Å². The summed E-state index contributed by atoms with van der Waals surface area (Å²) in [5.74, 6) is 0.635. The molecule has 1 saturated carbocycles. The maximum Gasteiger partial charge on any atom is 0.326 e. The molecule has 0 radical (unpaired) electrons. The van der Waals surface area contributed by atoms with Crippen LogP contribution in [0.2, 0.25) is 0 Å². The van der Waals surface area contributed by atoms with E-state index >= 15 is 0 Å². The predicted octanol–water partition coefficient (Wildman–Crippen LogP) is 2.40. The summed E-state index contributed by atoms with van der Waals surface area (Å²) in [6, 6.07) is -0.140. The van der Waals surface area contributed by atoms with Crippen molar-refractivity contribution in [2.45, 2.75) is 57.5 Å². The van der Waals surface area contributed by atoms with E-state index in [2.05, 4.69) is 14.9 Å². The van der Waals surface area contributed by atoms with E-state index in [1.165, 1.54) is 19.3 Å². The Labute approximate surface area is 119 Å². The number of anilines is 1. The third-order valence-electron chi connectivity index (χ3n) is 4.76. The van der Waals surface area contributed by atoms with Crippen LogP contribution >= 0.6 is 0 Å². The minimum Gasteiger partial charge on any atom is -0.480 e. The molecular formula is C15H21N3O2. The molecule has 0 spiro atoms. The third kappa shape index (κ3) is 2.25. The lowest BCUT2D eigenvalue weighted by molar-refractivity contribution is -0.139. The van der Waals surface area contributed by atoms with Gasteiger partial charge in [0, 0.05) is 18.4 Å². The van der Waals surface area contributed by atoms with E-state index in [9.17, 15) is 9.90 Å². The highest BCUT2D eigenvalue weighted by Crippen LogP contribution is 2.40. The number of nitrogens with zero attached hydrogens (tertiary/aromatic N) is 3. The second-order valence-corrected chi connectivity index (χ2v) is 5.92. The van der Waals surface area contributed by atoms with Crippen molar-refractivity contribution in [1.82, 2.24) is 9.97 Å². The van der Waals surface area contributed by atoms with Crippen LogP contribution in [0.25, 0.3) is 0 Å². The number of carbonyl (C=O) groups is 1. The molecule has 0 aromatic carbocycles. The van der Waals surface area contributed by atoms with Crippen molar-refractivity contribution in [1.29, 1.82) is 0 Å². The summed E-state index contributed by atoms with van der Waals surface area (Å²) in [5.41, 5.74) is 0.824. The highest BCUT2D eigenvalue weighted by molar-refractivity contribution is 5.78. The Bertz CT molecular complexity index is 506. The molecule has 0 bridgehead atoms. The maximum atomic E-state index is 11.6. The maximum absolute atomic E-state index is 11.6. The Morgan fingerprint density at radius 1 is 1.20 bits per heavy atom. The van der Waals surface area contributed by atoms with Crippen LogP contribution in [0.15, 0.2) is 12.4 Å². The van der Waals surface area contributed by atoms with Gasteiger partial charge in [0.15, 0.2) is 5.82 Å². The van der Waals surface area contributed by atoms with Crippen molar-refractivity contribution in [3.8, 4) is 0 Å². The number of rotatable bonds is 2. The van der Waals surface area contributed by atoms with Gasteiger partial charge in [0.2, 0.25) is 0 Å². The molecule has 2 aliphatic rings. The Morgan fingerprint density at radius 3 is 2.70 bits per heavy atom. The van der Waals surface area contributed by atoms with E-state index in [4.69, 9.17) is 0 Å². The van der Waals surface area contributed by atoms with E-state index in [1.807, 2.05) is 6.92 Å². The molecule has 1 aromatic heterocycles. The van der Waals surface area contributed by atoms with Crippen LogP contribution in [0, 0.1) is 12.8 Å². The van der Waals surface area contributed by atoms with Crippen LogP contribution < -0.4 is 4.90 Å². The van der Waals surface area contributed by atoms with Gasteiger partial charge in [-0.2, -0.15) is 0 Å². The predicted molar refractivity (Wildman–Crippen MR) is 75.7 cm³/mol. The van der Waals surface area contributed by atoms with Crippen molar-refractivity contribution in [2.75, 3.05) is 4.90 Å². The van der Waals surface area contributed by atoms with Gasteiger partial charge >= 0.3 is 5.97 Å². The van der Waals surface area contributed by atoms with Gasteiger partial charge in [-0.25, -0.2) is 9.78 Å². The zero-order chi connectivity index (χ0) is 14.1. The molecule has 5 nitrogen and oxygen atoms in total. The lowest BCUT2D eigenvalue weighted by atomic mass is 9.76. The number of aromatic nitrogens is 2. The van der Waals surface area contributed by atoms with E-state index in [0.29, 0.717) is 18.4 Å². The van der Waals surface area contributed by atoms with Gasteiger partial charge in [0.05, 0.1) is 5.69 Å². The van der Waals surface area contributed by atoms with E-state index in [0.717, 1.165) is 24.4 Å². The van der Waals surface area contributed by atoms with Crippen LogP contribution in [0.4, 0.5) is 5.82 Å². The molecule has 1 aliphatic carbocycles. The Hall–Kier alpha value is -1.65. The van der Waals surface area contributed by atoms with Crippen molar-refractivity contribution < 1.29 is 9.90 Å². The fraction of sp³-hybridized carbons (Fsp3) is 0.667. The topological polar surface area (TPSA) is 66.3 Å². The molecule has 1 saturated heterocycles. The zero-order valence-corrected chi connectivity index (χ0v) is 11.8. The third-order valence-corrected chi connectivity index (χ3v) is 4.76. The molecule has 1 N–H and O–H groups in total. The minimum atomic E-state index is -0.737. The summed E-state index contributed by atoms with van der Waals surface area (Å²) in [6.07, 6.45) is 9.81. The molecule has 20 heavy (non-hydrogen) atoms. The van der Waals surface area contributed by atoms with Crippen LogP contribution in [0.5, 0.6) is 0 Å².